The van der Waals surface area contributed by atoms with Gasteiger partial charge in [0, 0.05) is 24.4 Å². The lowest BCUT2D eigenvalue weighted by atomic mass is 10.0. The summed E-state index contributed by atoms with van der Waals surface area (Å²) in [6.07, 6.45) is 4.92. The lowest BCUT2D eigenvalue weighted by Gasteiger charge is -2.01. The Bertz CT molecular complexity index is 509. The van der Waals surface area contributed by atoms with Gasteiger partial charge in [0.15, 0.2) is 0 Å². The summed E-state index contributed by atoms with van der Waals surface area (Å²) in [5, 5.41) is 11.6. The fourth-order valence-electron chi connectivity index (χ4n) is 2.11. The molecule has 0 aliphatic heterocycles. The molecule has 0 atom stereocenters. The highest BCUT2D eigenvalue weighted by Crippen LogP contribution is 2.28. The molecule has 3 N–H and O–H groups in total. The second-order valence-corrected chi connectivity index (χ2v) is 4.23. The van der Waals surface area contributed by atoms with Gasteiger partial charge in [-0.05, 0) is 12.8 Å². The third-order valence-electron chi connectivity index (χ3n) is 2.91. The van der Waals surface area contributed by atoms with E-state index in [4.69, 9.17) is 5.73 Å². The molecule has 0 radical (unpaired) electrons. The van der Waals surface area contributed by atoms with Gasteiger partial charge in [0.2, 0.25) is 0 Å². The Hall–Kier alpha value is -1.78. The quantitative estimate of drug-likeness (QED) is 0.847. The smallest absolute Gasteiger partial charge is 0.149 e. The number of nitrogens with zero attached hydrogens (tertiary/aromatic N) is 3. The van der Waals surface area contributed by atoms with Gasteiger partial charge in [0.05, 0.1) is 11.4 Å². The molecule has 0 aliphatic rings. The summed E-state index contributed by atoms with van der Waals surface area (Å²) in [6.45, 7) is 4.24. The molecule has 2 heterocycles. The van der Waals surface area contributed by atoms with Crippen LogP contribution in [0.25, 0.3) is 11.3 Å². The van der Waals surface area contributed by atoms with Crippen LogP contribution in [0, 0.1) is 0 Å². The molecule has 5 heteroatoms. The van der Waals surface area contributed by atoms with Crippen LogP contribution in [0.3, 0.4) is 0 Å². The molecular formula is C12H19N5. The predicted octanol–water partition coefficient (Wildman–Crippen LogP) is 1.91. The lowest BCUT2D eigenvalue weighted by Crippen LogP contribution is -1.93. The van der Waals surface area contributed by atoms with E-state index >= 15 is 0 Å². The average molecular weight is 233 g/mol. The molecule has 0 fully saturated rings. The molecule has 2 aromatic heterocycles. The fraction of sp³-hybridized carbons (Fsp3) is 0.500. The van der Waals surface area contributed by atoms with Gasteiger partial charge in [-0.15, -0.1) is 0 Å². The summed E-state index contributed by atoms with van der Waals surface area (Å²) in [4.78, 5) is 0. The van der Waals surface area contributed by atoms with Crippen molar-refractivity contribution in [2.45, 2.75) is 33.1 Å². The number of hydrogen-bond donors (Lipinski definition) is 2. The molecule has 0 saturated heterocycles. The van der Waals surface area contributed by atoms with Crippen molar-refractivity contribution in [1.82, 2.24) is 20.0 Å². The van der Waals surface area contributed by atoms with Crippen molar-refractivity contribution in [1.29, 1.82) is 0 Å². The number of nitrogens with two attached hydrogens (primary N) is 1. The molecule has 17 heavy (non-hydrogen) atoms. The maximum absolute atomic E-state index is 5.89. The molecule has 0 spiro atoms. The Morgan fingerprint density at radius 3 is 2.82 bits per heavy atom. The van der Waals surface area contributed by atoms with E-state index in [0.29, 0.717) is 5.82 Å². The zero-order chi connectivity index (χ0) is 12.4. The second-order valence-electron chi connectivity index (χ2n) is 4.23. The standard InChI is InChI=1S/C12H19N5/c1-4-6-8-11(14-15-12(8)13)9-7-17(3)16-10(9)5-2/h7H,4-6H2,1-3H3,(H3,13,14,15). The summed E-state index contributed by atoms with van der Waals surface area (Å²) in [7, 11) is 1.93. The van der Waals surface area contributed by atoms with E-state index < -0.39 is 0 Å². The lowest BCUT2D eigenvalue weighted by molar-refractivity contribution is 0.746. The van der Waals surface area contributed by atoms with Crippen LogP contribution >= 0.6 is 0 Å². The van der Waals surface area contributed by atoms with E-state index in [1.165, 1.54) is 0 Å². The summed E-state index contributed by atoms with van der Waals surface area (Å²) in [6, 6.07) is 0. The number of rotatable bonds is 4. The van der Waals surface area contributed by atoms with Gasteiger partial charge >= 0.3 is 0 Å². The molecule has 0 bridgehead atoms. The third-order valence-corrected chi connectivity index (χ3v) is 2.91. The summed E-state index contributed by atoms with van der Waals surface area (Å²) < 4.78 is 1.83. The highest BCUT2D eigenvalue weighted by atomic mass is 15.3. The van der Waals surface area contributed by atoms with Crippen LogP contribution in [-0.2, 0) is 19.9 Å². The number of aryl methyl sites for hydroxylation is 2. The maximum Gasteiger partial charge on any atom is 0.149 e. The summed E-state index contributed by atoms with van der Waals surface area (Å²) >= 11 is 0. The number of hydrogen-bond acceptors (Lipinski definition) is 3. The number of nitrogen functional groups attached to an aromatic ring is 1. The van der Waals surface area contributed by atoms with E-state index in [2.05, 4.69) is 29.1 Å². The van der Waals surface area contributed by atoms with Crippen LogP contribution in [-0.4, -0.2) is 20.0 Å². The van der Waals surface area contributed by atoms with Crippen LogP contribution in [0.15, 0.2) is 6.20 Å². The predicted molar refractivity (Wildman–Crippen MR) is 68.6 cm³/mol. The minimum Gasteiger partial charge on any atom is -0.382 e. The van der Waals surface area contributed by atoms with Gasteiger partial charge in [-0.1, -0.05) is 20.3 Å². The van der Waals surface area contributed by atoms with E-state index in [0.717, 1.165) is 41.8 Å². The van der Waals surface area contributed by atoms with Crippen molar-refractivity contribution < 1.29 is 0 Å². The van der Waals surface area contributed by atoms with Crippen molar-refractivity contribution >= 4 is 5.82 Å². The highest BCUT2D eigenvalue weighted by Gasteiger charge is 2.16. The molecule has 5 nitrogen and oxygen atoms in total. The number of aromatic amines is 1. The first-order chi connectivity index (χ1) is 8.17. The van der Waals surface area contributed by atoms with Crippen LogP contribution in [0.5, 0.6) is 0 Å². The maximum atomic E-state index is 5.89. The largest absolute Gasteiger partial charge is 0.382 e. The Labute approximate surface area is 101 Å². The number of H-pyrrole nitrogens is 1. The van der Waals surface area contributed by atoms with E-state index in [9.17, 15) is 0 Å². The minimum atomic E-state index is 0.604. The zero-order valence-corrected chi connectivity index (χ0v) is 10.6. The number of aromatic nitrogens is 4. The normalized spacial score (nSPS) is 11.0. The van der Waals surface area contributed by atoms with Gasteiger partial charge in [0.1, 0.15) is 5.82 Å². The second kappa shape index (κ2) is 4.61. The third kappa shape index (κ3) is 2.05. The molecule has 2 rings (SSSR count). The minimum absolute atomic E-state index is 0.604. The van der Waals surface area contributed by atoms with Crippen LogP contribution < -0.4 is 5.73 Å². The molecule has 2 aromatic rings. The van der Waals surface area contributed by atoms with Gasteiger partial charge in [-0.3, -0.25) is 9.78 Å². The number of nitrogens with one attached hydrogen (secondary N) is 1. The van der Waals surface area contributed by atoms with Crippen LogP contribution in [0.1, 0.15) is 31.5 Å². The average Bonchev–Trinajstić information content (AvgIpc) is 2.84. The highest BCUT2D eigenvalue weighted by molar-refractivity contribution is 5.69. The van der Waals surface area contributed by atoms with Crippen molar-refractivity contribution in [3.8, 4) is 11.3 Å². The van der Waals surface area contributed by atoms with Crippen LogP contribution in [0.4, 0.5) is 5.82 Å². The molecule has 0 aliphatic carbocycles. The molecular weight excluding hydrogens is 214 g/mol. The van der Waals surface area contributed by atoms with Gasteiger partial charge in [-0.25, -0.2) is 0 Å². The Kier molecular flexibility index (Phi) is 3.17. The van der Waals surface area contributed by atoms with E-state index in [1.54, 1.807) is 0 Å². The first-order valence-electron chi connectivity index (χ1n) is 6.02. The monoisotopic (exact) mass is 233 g/mol. The Balaban J connectivity index is 2.51. The van der Waals surface area contributed by atoms with Crippen molar-refractivity contribution in [3.63, 3.8) is 0 Å². The number of anilines is 1. The zero-order valence-electron chi connectivity index (χ0n) is 10.6. The molecule has 0 aromatic carbocycles. The van der Waals surface area contributed by atoms with E-state index in [-0.39, 0.29) is 0 Å². The van der Waals surface area contributed by atoms with Gasteiger partial charge in [-0.2, -0.15) is 10.2 Å². The van der Waals surface area contributed by atoms with Crippen molar-refractivity contribution in [2.24, 2.45) is 7.05 Å². The summed E-state index contributed by atoms with van der Waals surface area (Å²) in [5.41, 5.74) is 10.2. The molecule has 0 unspecified atom stereocenters. The molecule has 0 amide bonds. The van der Waals surface area contributed by atoms with Crippen molar-refractivity contribution in [2.75, 3.05) is 5.73 Å². The topological polar surface area (TPSA) is 72.5 Å². The fourth-order valence-corrected chi connectivity index (χ4v) is 2.11. The van der Waals surface area contributed by atoms with Crippen LogP contribution in [0.2, 0.25) is 0 Å². The molecule has 0 saturated carbocycles. The van der Waals surface area contributed by atoms with Crippen molar-refractivity contribution in [3.05, 3.63) is 17.5 Å². The van der Waals surface area contributed by atoms with E-state index in [1.807, 2.05) is 17.9 Å². The SMILES string of the molecule is CCCc1c(N)n[nH]c1-c1cn(C)nc1CC. The first kappa shape index (κ1) is 11.7. The van der Waals surface area contributed by atoms with Gasteiger partial charge < -0.3 is 5.73 Å². The Morgan fingerprint density at radius 2 is 2.18 bits per heavy atom. The molecule has 92 valence electrons. The first-order valence-corrected chi connectivity index (χ1v) is 6.02. The Morgan fingerprint density at radius 1 is 1.41 bits per heavy atom. The summed E-state index contributed by atoms with van der Waals surface area (Å²) in [5.74, 6) is 0.604. The van der Waals surface area contributed by atoms with Gasteiger partial charge in [0.25, 0.3) is 0 Å².